The van der Waals surface area contributed by atoms with Gasteiger partial charge in [-0.15, -0.1) is 0 Å². The lowest BCUT2D eigenvalue weighted by molar-refractivity contribution is 0.868. The van der Waals surface area contributed by atoms with Crippen LogP contribution in [-0.4, -0.2) is 4.98 Å². The molecule has 0 aliphatic carbocycles. The molecule has 0 spiro atoms. The van der Waals surface area contributed by atoms with Crippen molar-refractivity contribution in [1.29, 1.82) is 0 Å². The molecule has 2 aromatic rings. The number of pyridine rings is 1. The Hall–Kier alpha value is -1.58. The van der Waals surface area contributed by atoms with E-state index in [9.17, 15) is 0 Å². The molecule has 0 fully saturated rings. The van der Waals surface area contributed by atoms with Crippen LogP contribution in [-0.2, 0) is 0 Å². The van der Waals surface area contributed by atoms with Gasteiger partial charge in [-0.05, 0) is 23.8 Å². The summed E-state index contributed by atoms with van der Waals surface area (Å²) in [5.41, 5.74) is 13.7. The molecule has 1 atom stereocenters. The van der Waals surface area contributed by atoms with Gasteiger partial charge in [0.2, 0.25) is 0 Å². The fraction of sp³-hybridized carbons (Fsp3) is 0.0833. The molecule has 1 heterocycles. The number of halogens is 1. The van der Waals surface area contributed by atoms with Crippen LogP contribution in [0.5, 0.6) is 0 Å². The van der Waals surface area contributed by atoms with Gasteiger partial charge in [-0.25, -0.2) is 4.98 Å². The van der Waals surface area contributed by atoms with E-state index in [0.717, 1.165) is 11.1 Å². The summed E-state index contributed by atoms with van der Waals surface area (Å²) in [6, 6.07) is 10.8. The number of rotatable bonds is 2. The highest BCUT2D eigenvalue weighted by atomic mass is 35.5. The molecule has 0 amide bonds. The predicted molar refractivity (Wildman–Crippen MR) is 66.1 cm³/mol. The average molecular weight is 234 g/mol. The number of nitrogen functional groups attached to an aromatic ring is 1. The second-order valence-electron chi connectivity index (χ2n) is 3.51. The van der Waals surface area contributed by atoms with E-state index in [1.807, 2.05) is 36.4 Å². The van der Waals surface area contributed by atoms with Gasteiger partial charge >= 0.3 is 0 Å². The first kappa shape index (κ1) is 10.9. The smallest absolute Gasteiger partial charge is 0.128 e. The maximum absolute atomic E-state index is 6.10. The zero-order valence-electron chi connectivity index (χ0n) is 8.60. The molecule has 0 aliphatic rings. The van der Waals surface area contributed by atoms with Crippen molar-refractivity contribution in [3.8, 4) is 0 Å². The first-order chi connectivity index (χ1) is 7.68. The van der Waals surface area contributed by atoms with Crippen LogP contribution in [0.25, 0.3) is 0 Å². The van der Waals surface area contributed by atoms with Gasteiger partial charge in [0, 0.05) is 16.8 Å². The third-order valence-corrected chi connectivity index (χ3v) is 2.69. The summed E-state index contributed by atoms with van der Waals surface area (Å²) in [6.07, 6.45) is 1.65. The van der Waals surface area contributed by atoms with Crippen LogP contribution in [0.1, 0.15) is 17.2 Å². The SMILES string of the molecule is Nc1ncccc1C(N)c1ccc(Cl)cc1. The average Bonchev–Trinajstić information content (AvgIpc) is 2.30. The van der Waals surface area contributed by atoms with E-state index < -0.39 is 0 Å². The van der Waals surface area contributed by atoms with Gasteiger partial charge in [0.1, 0.15) is 5.82 Å². The van der Waals surface area contributed by atoms with Gasteiger partial charge in [-0.1, -0.05) is 29.8 Å². The molecular weight excluding hydrogens is 222 g/mol. The van der Waals surface area contributed by atoms with Gasteiger partial charge in [0.05, 0.1) is 6.04 Å². The Labute approximate surface area is 99.1 Å². The summed E-state index contributed by atoms with van der Waals surface area (Å²) >= 11 is 5.82. The van der Waals surface area contributed by atoms with Gasteiger partial charge < -0.3 is 11.5 Å². The zero-order valence-corrected chi connectivity index (χ0v) is 9.35. The molecule has 0 aliphatic heterocycles. The molecular formula is C12H12ClN3. The topological polar surface area (TPSA) is 64.9 Å². The van der Waals surface area contributed by atoms with Crippen LogP contribution in [0.3, 0.4) is 0 Å². The number of aromatic nitrogens is 1. The van der Waals surface area contributed by atoms with Gasteiger partial charge in [-0.2, -0.15) is 0 Å². The Morgan fingerprint density at radius 2 is 1.81 bits per heavy atom. The molecule has 1 aromatic heterocycles. The van der Waals surface area contributed by atoms with Crippen molar-refractivity contribution in [3.05, 3.63) is 58.7 Å². The molecule has 82 valence electrons. The van der Waals surface area contributed by atoms with Gasteiger partial charge in [0.25, 0.3) is 0 Å². The number of nitrogens with two attached hydrogens (primary N) is 2. The highest BCUT2D eigenvalue weighted by molar-refractivity contribution is 6.30. The number of nitrogens with zero attached hydrogens (tertiary/aromatic N) is 1. The summed E-state index contributed by atoms with van der Waals surface area (Å²) in [7, 11) is 0. The minimum atomic E-state index is -0.272. The Kier molecular flexibility index (Phi) is 3.08. The summed E-state index contributed by atoms with van der Waals surface area (Å²) in [5.74, 6) is 0.463. The number of hydrogen-bond donors (Lipinski definition) is 2. The Balaban J connectivity index is 2.35. The molecule has 0 radical (unpaired) electrons. The molecule has 3 nitrogen and oxygen atoms in total. The van der Waals surface area contributed by atoms with Crippen molar-refractivity contribution in [2.45, 2.75) is 6.04 Å². The molecule has 16 heavy (non-hydrogen) atoms. The quantitative estimate of drug-likeness (QED) is 0.837. The molecule has 4 N–H and O–H groups in total. The molecule has 0 saturated carbocycles. The monoisotopic (exact) mass is 233 g/mol. The van der Waals surface area contributed by atoms with Crippen molar-refractivity contribution < 1.29 is 0 Å². The first-order valence-electron chi connectivity index (χ1n) is 4.90. The number of anilines is 1. The Morgan fingerprint density at radius 3 is 2.44 bits per heavy atom. The van der Waals surface area contributed by atoms with E-state index in [2.05, 4.69) is 4.98 Å². The minimum absolute atomic E-state index is 0.272. The Bertz CT molecular complexity index is 482. The van der Waals surface area contributed by atoms with E-state index in [0.29, 0.717) is 10.8 Å². The predicted octanol–water partition coefficient (Wildman–Crippen LogP) is 2.37. The molecule has 0 saturated heterocycles. The summed E-state index contributed by atoms with van der Waals surface area (Å²) < 4.78 is 0. The highest BCUT2D eigenvalue weighted by Crippen LogP contribution is 2.23. The van der Waals surface area contributed by atoms with Crippen LogP contribution >= 0.6 is 11.6 Å². The summed E-state index contributed by atoms with van der Waals surface area (Å²) in [5, 5.41) is 0.690. The number of hydrogen-bond acceptors (Lipinski definition) is 3. The third kappa shape index (κ3) is 2.15. The highest BCUT2D eigenvalue weighted by Gasteiger charge is 2.11. The lowest BCUT2D eigenvalue weighted by atomic mass is 10.0. The minimum Gasteiger partial charge on any atom is -0.383 e. The Morgan fingerprint density at radius 1 is 1.12 bits per heavy atom. The summed E-state index contributed by atoms with van der Waals surface area (Å²) in [4.78, 5) is 4.01. The second-order valence-corrected chi connectivity index (χ2v) is 3.94. The van der Waals surface area contributed by atoms with E-state index in [1.165, 1.54) is 0 Å². The van der Waals surface area contributed by atoms with Gasteiger partial charge in [-0.3, -0.25) is 0 Å². The maximum atomic E-state index is 6.10. The van der Waals surface area contributed by atoms with Crippen LogP contribution < -0.4 is 11.5 Å². The standard InChI is InChI=1S/C12H12ClN3/c13-9-5-3-8(4-6-9)11(14)10-2-1-7-16-12(10)15/h1-7,11H,14H2,(H2,15,16). The molecule has 4 heteroatoms. The second kappa shape index (κ2) is 4.51. The maximum Gasteiger partial charge on any atom is 0.128 e. The van der Waals surface area contributed by atoms with Gasteiger partial charge in [0.15, 0.2) is 0 Å². The van der Waals surface area contributed by atoms with Crippen molar-refractivity contribution in [2.75, 3.05) is 5.73 Å². The lowest BCUT2D eigenvalue weighted by Crippen LogP contribution is -2.14. The van der Waals surface area contributed by atoms with Crippen molar-refractivity contribution in [2.24, 2.45) is 5.73 Å². The summed E-state index contributed by atoms with van der Waals surface area (Å²) in [6.45, 7) is 0. The van der Waals surface area contributed by atoms with E-state index in [4.69, 9.17) is 23.1 Å². The third-order valence-electron chi connectivity index (χ3n) is 2.44. The lowest BCUT2D eigenvalue weighted by Gasteiger charge is -2.13. The normalized spacial score (nSPS) is 12.4. The molecule has 1 aromatic carbocycles. The van der Waals surface area contributed by atoms with Crippen LogP contribution in [0, 0.1) is 0 Å². The van der Waals surface area contributed by atoms with Crippen LogP contribution in [0.2, 0.25) is 5.02 Å². The molecule has 2 rings (SSSR count). The first-order valence-corrected chi connectivity index (χ1v) is 5.27. The van der Waals surface area contributed by atoms with E-state index >= 15 is 0 Å². The van der Waals surface area contributed by atoms with E-state index in [-0.39, 0.29) is 6.04 Å². The molecule has 1 unspecified atom stereocenters. The zero-order chi connectivity index (χ0) is 11.5. The van der Waals surface area contributed by atoms with Crippen LogP contribution in [0.15, 0.2) is 42.6 Å². The fourth-order valence-corrected chi connectivity index (χ4v) is 1.67. The van der Waals surface area contributed by atoms with E-state index in [1.54, 1.807) is 6.20 Å². The number of benzene rings is 1. The molecule has 0 bridgehead atoms. The largest absolute Gasteiger partial charge is 0.383 e. The fourth-order valence-electron chi connectivity index (χ4n) is 1.54. The van der Waals surface area contributed by atoms with Crippen molar-refractivity contribution >= 4 is 17.4 Å². The van der Waals surface area contributed by atoms with Crippen molar-refractivity contribution in [3.63, 3.8) is 0 Å². The van der Waals surface area contributed by atoms with Crippen molar-refractivity contribution in [1.82, 2.24) is 4.98 Å². The van der Waals surface area contributed by atoms with Crippen LogP contribution in [0.4, 0.5) is 5.82 Å².